The Morgan fingerprint density at radius 1 is 1.12 bits per heavy atom. The molecule has 0 radical (unpaired) electrons. The van der Waals surface area contributed by atoms with E-state index in [0.29, 0.717) is 78.1 Å². The summed E-state index contributed by atoms with van der Waals surface area (Å²) in [5.41, 5.74) is 0.852. The molecule has 2 aromatic heterocycles. The number of halogens is 2. The van der Waals surface area contributed by atoms with Crippen LogP contribution < -0.4 is 20.3 Å². The van der Waals surface area contributed by atoms with Crippen LogP contribution in [0.25, 0.3) is 22.2 Å². The van der Waals surface area contributed by atoms with Crippen molar-refractivity contribution in [3.63, 3.8) is 0 Å². The minimum absolute atomic E-state index is 0.0499. The highest BCUT2D eigenvalue weighted by Gasteiger charge is 2.24. The standard InChI is InChI=1S/C30H36Cl2N6O5/c1-4-24(39)37-12-10-36(11-13-37)8-5-9-38-28-20(16-34-30(35-28)33-7-6-19-17-43-18-19)14-21(29(38)40)25-26(31)22(41-2)15-23(42-3)27(25)32/h4,14-16,19H,1,5-13,17-18H2,2-3H3,(H,33,34,35). The van der Waals surface area contributed by atoms with Crippen LogP contribution in [0.2, 0.25) is 10.0 Å². The molecule has 0 bridgehead atoms. The molecule has 0 atom stereocenters. The van der Waals surface area contributed by atoms with E-state index in [0.717, 1.165) is 39.3 Å². The van der Waals surface area contributed by atoms with Crippen molar-refractivity contribution >= 4 is 46.1 Å². The Balaban J connectivity index is 1.46. The molecule has 0 unspecified atom stereocenters. The number of piperazine rings is 1. The molecule has 4 heterocycles. The van der Waals surface area contributed by atoms with Crippen LogP contribution in [0.5, 0.6) is 11.5 Å². The number of nitrogens with zero attached hydrogens (tertiary/aromatic N) is 5. The second-order valence-corrected chi connectivity index (χ2v) is 11.4. The number of pyridine rings is 1. The second kappa shape index (κ2) is 13.9. The van der Waals surface area contributed by atoms with Gasteiger partial charge in [0.1, 0.15) is 17.1 Å². The Labute approximate surface area is 260 Å². The molecule has 1 amide bonds. The number of benzene rings is 1. The van der Waals surface area contributed by atoms with Gasteiger partial charge in [0, 0.05) is 68.4 Å². The fraction of sp³-hybridized carbons (Fsp3) is 0.467. The van der Waals surface area contributed by atoms with Crippen molar-refractivity contribution in [2.24, 2.45) is 5.92 Å². The number of fused-ring (bicyclic) bond motifs is 1. The number of nitrogens with one attached hydrogen (secondary N) is 1. The van der Waals surface area contributed by atoms with Gasteiger partial charge < -0.3 is 24.4 Å². The van der Waals surface area contributed by atoms with Crippen LogP contribution in [-0.2, 0) is 16.1 Å². The quantitative estimate of drug-likeness (QED) is 0.297. The zero-order chi connectivity index (χ0) is 30.5. The van der Waals surface area contributed by atoms with Crippen molar-refractivity contribution in [2.75, 3.05) is 72.0 Å². The van der Waals surface area contributed by atoms with E-state index >= 15 is 0 Å². The average molecular weight is 632 g/mol. The van der Waals surface area contributed by atoms with Crippen LogP contribution in [0, 0.1) is 5.92 Å². The maximum atomic E-state index is 14.2. The Morgan fingerprint density at radius 2 is 1.81 bits per heavy atom. The lowest BCUT2D eigenvalue weighted by Gasteiger charge is -2.34. The average Bonchev–Trinajstić information content (AvgIpc) is 3.00. The summed E-state index contributed by atoms with van der Waals surface area (Å²) < 4.78 is 17.8. The summed E-state index contributed by atoms with van der Waals surface area (Å²) in [6.45, 7) is 9.81. The number of rotatable bonds is 12. The number of carbonyl (C=O) groups excluding carboxylic acids is 1. The molecule has 2 aliphatic heterocycles. The number of aryl methyl sites for hydroxylation is 1. The van der Waals surface area contributed by atoms with Gasteiger partial charge in [0.15, 0.2) is 0 Å². The van der Waals surface area contributed by atoms with E-state index in [1.807, 2.05) is 0 Å². The number of hydrogen-bond acceptors (Lipinski definition) is 9. The van der Waals surface area contributed by atoms with Crippen LogP contribution in [0.15, 0.2) is 35.8 Å². The third kappa shape index (κ3) is 6.75. The number of methoxy groups -OCH3 is 2. The number of amides is 1. The normalized spacial score (nSPS) is 15.8. The SMILES string of the molecule is C=CC(=O)N1CCN(CCCn2c(=O)c(-c3c(Cl)c(OC)cc(OC)c3Cl)cc3cnc(NCCC4COC4)nc32)CC1. The van der Waals surface area contributed by atoms with Crippen LogP contribution in [0.4, 0.5) is 5.95 Å². The molecular weight excluding hydrogens is 595 g/mol. The highest BCUT2D eigenvalue weighted by Crippen LogP contribution is 2.45. The van der Waals surface area contributed by atoms with Gasteiger partial charge in [-0.3, -0.25) is 19.1 Å². The van der Waals surface area contributed by atoms with E-state index in [-0.39, 0.29) is 21.5 Å². The summed E-state index contributed by atoms with van der Waals surface area (Å²) in [6.07, 6.45) is 4.69. The molecule has 0 spiro atoms. The summed E-state index contributed by atoms with van der Waals surface area (Å²) in [5.74, 6) is 1.62. The van der Waals surface area contributed by atoms with Gasteiger partial charge in [-0.25, -0.2) is 4.98 Å². The molecule has 0 aliphatic carbocycles. The molecule has 11 nitrogen and oxygen atoms in total. The summed E-state index contributed by atoms with van der Waals surface area (Å²) in [7, 11) is 2.98. The van der Waals surface area contributed by atoms with Gasteiger partial charge in [-0.05, 0) is 31.5 Å². The van der Waals surface area contributed by atoms with Gasteiger partial charge in [-0.1, -0.05) is 29.8 Å². The summed E-state index contributed by atoms with van der Waals surface area (Å²) in [6, 6.07) is 3.30. The van der Waals surface area contributed by atoms with Gasteiger partial charge in [0.2, 0.25) is 11.9 Å². The van der Waals surface area contributed by atoms with E-state index in [2.05, 4.69) is 21.8 Å². The first kappa shape index (κ1) is 31.1. The van der Waals surface area contributed by atoms with Crippen molar-refractivity contribution in [3.05, 3.63) is 51.4 Å². The Hall–Kier alpha value is -3.38. The van der Waals surface area contributed by atoms with Crippen molar-refractivity contribution in [1.29, 1.82) is 0 Å². The molecule has 2 fully saturated rings. The van der Waals surface area contributed by atoms with E-state index in [1.54, 1.807) is 27.8 Å². The molecule has 13 heteroatoms. The molecule has 5 rings (SSSR count). The second-order valence-electron chi connectivity index (χ2n) is 10.6. The molecule has 0 saturated carbocycles. The van der Waals surface area contributed by atoms with Gasteiger partial charge in [0.05, 0.1) is 43.0 Å². The summed E-state index contributed by atoms with van der Waals surface area (Å²) in [5, 5.41) is 4.37. The molecule has 1 N–H and O–H groups in total. The zero-order valence-electron chi connectivity index (χ0n) is 24.4. The Bertz CT molecular complexity index is 1520. The molecular formula is C30H36Cl2N6O5. The van der Waals surface area contributed by atoms with Crippen molar-refractivity contribution in [3.8, 4) is 22.6 Å². The van der Waals surface area contributed by atoms with Crippen LogP contribution in [0.3, 0.4) is 0 Å². The maximum Gasteiger partial charge on any atom is 0.260 e. The van der Waals surface area contributed by atoms with E-state index in [9.17, 15) is 9.59 Å². The lowest BCUT2D eigenvalue weighted by atomic mass is 10.0. The van der Waals surface area contributed by atoms with E-state index in [4.69, 9.17) is 42.4 Å². The van der Waals surface area contributed by atoms with Gasteiger partial charge in [-0.15, -0.1) is 0 Å². The summed E-state index contributed by atoms with van der Waals surface area (Å²) in [4.78, 5) is 39.5. The monoisotopic (exact) mass is 630 g/mol. The predicted molar refractivity (Wildman–Crippen MR) is 168 cm³/mol. The number of anilines is 1. The molecule has 230 valence electrons. The van der Waals surface area contributed by atoms with Crippen molar-refractivity contribution in [2.45, 2.75) is 19.4 Å². The van der Waals surface area contributed by atoms with Crippen LogP contribution >= 0.6 is 23.2 Å². The number of ether oxygens (including phenoxy) is 3. The number of carbonyl (C=O) groups is 1. The first-order valence-corrected chi connectivity index (χ1v) is 15.1. The Kier molecular flexibility index (Phi) is 10.1. The lowest BCUT2D eigenvalue weighted by molar-refractivity contribution is -0.127. The fourth-order valence-electron chi connectivity index (χ4n) is 5.37. The smallest absolute Gasteiger partial charge is 0.260 e. The predicted octanol–water partition coefficient (Wildman–Crippen LogP) is 3.95. The van der Waals surface area contributed by atoms with Crippen molar-refractivity contribution in [1.82, 2.24) is 24.3 Å². The zero-order valence-corrected chi connectivity index (χ0v) is 25.9. The summed E-state index contributed by atoms with van der Waals surface area (Å²) >= 11 is 13.4. The minimum atomic E-state index is -0.288. The van der Waals surface area contributed by atoms with Gasteiger partial charge in [0.25, 0.3) is 5.56 Å². The third-order valence-electron chi connectivity index (χ3n) is 7.93. The molecule has 1 aromatic carbocycles. The van der Waals surface area contributed by atoms with Gasteiger partial charge in [-0.2, -0.15) is 4.98 Å². The van der Waals surface area contributed by atoms with Gasteiger partial charge >= 0.3 is 0 Å². The van der Waals surface area contributed by atoms with E-state index < -0.39 is 0 Å². The Morgan fingerprint density at radius 3 is 2.42 bits per heavy atom. The van der Waals surface area contributed by atoms with Crippen LogP contribution in [0.1, 0.15) is 12.8 Å². The number of hydrogen-bond donors (Lipinski definition) is 1. The first-order valence-electron chi connectivity index (χ1n) is 14.3. The molecule has 3 aromatic rings. The number of aromatic nitrogens is 3. The topological polar surface area (TPSA) is 111 Å². The van der Waals surface area contributed by atoms with E-state index in [1.165, 1.54) is 20.3 Å². The fourth-order valence-corrected chi connectivity index (χ4v) is 6.07. The lowest BCUT2D eigenvalue weighted by Crippen LogP contribution is -2.48. The minimum Gasteiger partial charge on any atom is -0.495 e. The highest BCUT2D eigenvalue weighted by molar-refractivity contribution is 6.41. The largest absolute Gasteiger partial charge is 0.495 e. The third-order valence-corrected chi connectivity index (χ3v) is 8.68. The molecule has 2 saturated heterocycles. The molecule has 2 aliphatic rings. The first-order chi connectivity index (χ1) is 20.8. The molecule has 43 heavy (non-hydrogen) atoms. The van der Waals surface area contributed by atoms with Crippen LogP contribution in [-0.4, -0.2) is 96.9 Å². The highest BCUT2D eigenvalue weighted by atomic mass is 35.5. The van der Waals surface area contributed by atoms with Crippen molar-refractivity contribution < 1.29 is 19.0 Å². The maximum absolute atomic E-state index is 14.2.